The maximum absolute atomic E-state index is 12.3. The first-order valence-electron chi connectivity index (χ1n) is 10.8. The van der Waals surface area contributed by atoms with Gasteiger partial charge in [-0.1, -0.05) is 55.5 Å². The number of allylic oxidation sites excluding steroid dienone is 2. The van der Waals surface area contributed by atoms with E-state index in [1.165, 1.54) is 0 Å². The Labute approximate surface area is 184 Å². The van der Waals surface area contributed by atoms with Crippen LogP contribution in [0.15, 0.2) is 48.6 Å². The minimum atomic E-state index is -0.814. The maximum atomic E-state index is 12.3. The molecule has 0 spiro atoms. The third kappa shape index (κ3) is 7.73. The lowest BCUT2D eigenvalue weighted by atomic mass is 9.88. The molecule has 1 aromatic rings. The fourth-order valence-corrected chi connectivity index (χ4v) is 4.00. The summed E-state index contributed by atoms with van der Waals surface area (Å²) in [7, 11) is 1.64. The first-order valence-corrected chi connectivity index (χ1v) is 10.8. The Morgan fingerprint density at radius 1 is 1.32 bits per heavy atom. The van der Waals surface area contributed by atoms with Gasteiger partial charge in [-0.15, -0.1) is 0 Å². The molecule has 0 radical (unpaired) electrons. The molecule has 6 heteroatoms. The minimum absolute atomic E-state index is 0.0205. The summed E-state index contributed by atoms with van der Waals surface area (Å²) in [4.78, 5) is 22.9. The number of Topliss-reactive ketones (excluding diaryl/α,β-unsaturated/α-hetero) is 1. The van der Waals surface area contributed by atoms with Crippen molar-refractivity contribution in [3.63, 3.8) is 0 Å². The molecule has 0 heterocycles. The summed E-state index contributed by atoms with van der Waals surface area (Å²) >= 11 is 0. The van der Waals surface area contributed by atoms with Gasteiger partial charge in [-0.2, -0.15) is 0 Å². The number of carboxylic acids is 1. The van der Waals surface area contributed by atoms with Gasteiger partial charge in [0.2, 0.25) is 0 Å². The molecule has 6 nitrogen and oxygen atoms in total. The first-order chi connectivity index (χ1) is 14.8. The zero-order valence-electron chi connectivity index (χ0n) is 18.3. The Morgan fingerprint density at radius 2 is 2.10 bits per heavy atom. The Balaban J connectivity index is 1.97. The SMILES string of the molecule is COCc1cccc(C(C)C(O)C=C[C@H]2[C@H](O)CC(=O)[C@@H]2CC=CCCCC(=O)O)c1. The van der Waals surface area contributed by atoms with Crippen molar-refractivity contribution in [2.45, 2.75) is 63.8 Å². The molecule has 1 fully saturated rings. The molecule has 5 atom stereocenters. The van der Waals surface area contributed by atoms with Crippen LogP contribution in [0.3, 0.4) is 0 Å². The number of methoxy groups -OCH3 is 1. The highest BCUT2D eigenvalue weighted by Gasteiger charge is 2.39. The number of unbranched alkanes of at least 4 members (excludes halogenated alkanes) is 1. The molecule has 0 aliphatic heterocycles. The third-order valence-corrected chi connectivity index (χ3v) is 5.88. The van der Waals surface area contributed by atoms with Crippen molar-refractivity contribution in [2.24, 2.45) is 11.8 Å². The second kappa shape index (κ2) is 12.5. The number of carbonyl (C=O) groups excluding carboxylic acids is 1. The molecule has 0 aromatic heterocycles. The summed E-state index contributed by atoms with van der Waals surface area (Å²) in [6, 6.07) is 7.89. The number of carbonyl (C=O) groups is 2. The van der Waals surface area contributed by atoms with Crippen molar-refractivity contribution in [3.05, 3.63) is 59.7 Å². The number of hydrogen-bond donors (Lipinski definition) is 3. The van der Waals surface area contributed by atoms with E-state index in [0.717, 1.165) is 11.1 Å². The summed E-state index contributed by atoms with van der Waals surface area (Å²) < 4.78 is 5.17. The van der Waals surface area contributed by atoms with Crippen molar-refractivity contribution in [3.8, 4) is 0 Å². The smallest absolute Gasteiger partial charge is 0.303 e. The monoisotopic (exact) mass is 430 g/mol. The molecular formula is C25H34O6. The van der Waals surface area contributed by atoms with Crippen LogP contribution in [0.2, 0.25) is 0 Å². The number of rotatable bonds is 12. The quantitative estimate of drug-likeness (QED) is 0.346. The van der Waals surface area contributed by atoms with Crippen LogP contribution in [-0.4, -0.2) is 46.4 Å². The Kier molecular flexibility index (Phi) is 10.1. The fourth-order valence-electron chi connectivity index (χ4n) is 4.00. The summed E-state index contributed by atoms with van der Waals surface area (Å²) in [6.07, 6.45) is 7.72. The lowest BCUT2D eigenvalue weighted by Crippen LogP contribution is -2.20. The summed E-state index contributed by atoms with van der Waals surface area (Å²) in [5, 5.41) is 29.7. The van der Waals surface area contributed by atoms with E-state index in [1.807, 2.05) is 43.3 Å². The van der Waals surface area contributed by atoms with E-state index in [-0.39, 0.29) is 36.4 Å². The molecule has 0 amide bonds. The van der Waals surface area contributed by atoms with E-state index in [1.54, 1.807) is 19.3 Å². The van der Waals surface area contributed by atoms with E-state index < -0.39 is 18.2 Å². The molecule has 1 saturated carbocycles. The average Bonchev–Trinajstić information content (AvgIpc) is 3.00. The number of aliphatic carboxylic acids is 1. The number of aliphatic hydroxyl groups excluding tert-OH is 2. The van der Waals surface area contributed by atoms with Crippen molar-refractivity contribution >= 4 is 11.8 Å². The van der Waals surface area contributed by atoms with Crippen molar-refractivity contribution in [1.29, 1.82) is 0 Å². The van der Waals surface area contributed by atoms with Gasteiger partial charge in [-0.3, -0.25) is 9.59 Å². The van der Waals surface area contributed by atoms with Gasteiger partial charge in [0.15, 0.2) is 0 Å². The number of carboxylic acid groups (broad SMARTS) is 1. The number of hydrogen-bond acceptors (Lipinski definition) is 5. The molecule has 3 N–H and O–H groups in total. The van der Waals surface area contributed by atoms with Gasteiger partial charge >= 0.3 is 5.97 Å². The summed E-state index contributed by atoms with van der Waals surface area (Å²) in [5.74, 6) is -1.60. The van der Waals surface area contributed by atoms with Gasteiger partial charge in [0.05, 0.1) is 18.8 Å². The van der Waals surface area contributed by atoms with Crippen LogP contribution in [0.5, 0.6) is 0 Å². The van der Waals surface area contributed by atoms with E-state index in [9.17, 15) is 19.8 Å². The van der Waals surface area contributed by atoms with E-state index in [2.05, 4.69) is 0 Å². The van der Waals surface area contributed by atoms with Gasteiger partial charge in [0, 0.05) is 37.7 Å². The lowest BCUT2D eigenvalue weighted by molar-refractivity contribution is -0.137. The van der Waals surface area contributed by atoms with Crippen LogP contribution in [-0.2, 0) is 20.9 Å². The van der Waals surface area contributed by atoms with E-state index >= 15 is 0 Å². The zero-order chi connectivity index (χ0) is 22.8. The van der Waals surface area contributed by atoms with Crippen LogP contribution in [0.4, 0.5) is 0 Å². The van der Waals surface area contributed by atoms with Crippen LogP contribution in [0, 0.1) is 11.8 Å². The number of ketones is 1. The number of ether oxygens (including phenoxy) is 1. The standard InChI is InChI=1S/C25H34O6/c1-17(19-9-7-8-18(14-19)16-31-2)22(26)13-12-21-20(23(27)15-24(21)28)10-5-3-4-6-11-25(29)30/h3,5,7-9,12-14,17,20-22,24,26,28H,4,6,10-11,15-16H2,1-2H3,(H,29,30)/t17?,20-,21-,22?,24-/m1/s1. The highest BCUT2D eigenvalue weighted by molar-refractivity contribution is 5.84. The number of aliphatic hydroxyl groups is 2. The minimum Gasteiger partial charge on any atom is -0.481 e. The lowest BCUT2D eigenvalue weighted by Gasteiger charge is -2.20. The largest absolute Gasteiger partial charge is 0.481 e. The van der Waals surface area contributed by atoms with Crippen LogP contribution < -0.4 is 0 Å². The maximum Gasteiger partial charge on any atom is 0.303 e. The van der Waals surface area contributed by atoms with E-state index in [0.29, 0.717) is 25.9 Å². The molecule has 1 aliphatic carbocycles. The predicted octanol–water partition coefficient (Wildman–Crippen LogP) is 3.62. The molecule has 0 saturated heterocycles. The molecule has 0 bridgehead atoms. The molecular weight excluding hydrogens is 396 g/mol. The third-order valence-electron chi connectivity index (χ3n) is 5.88. The molecule has 1 aromatic carbocycles. The second-order valence-electron chi connectivity index (χ2n) is 8.26. The first kappa shape index (κ1) is 25.0. The van der Waals surface area contributed by atoms with Gasteiger partial charge in [0.1, 0.15) is 5.78 Å². The Hall–Kier alpha value is -2.28. The molecule has 31 heavy (non-hydrogen) atoms. The van der Waals surface area contributed by atoms with Crippen LogP contribution >= 0.6 is 0 Å². The summed E-state index contributed by atoms with van der Waals surface area (Å²) in [5.41, 5.74) is 2.03. The molecule has 2 rings (SSSR count). The average molecular weight is 431 g/mol. The topological polar surface area (TPSA) is 104 Å². The van der Waals surface area contributed by atoms with E-state index in [4.69, 9.17) is 9.84 Å². The van der Waals surface area contributed by atoms with Gasteiger partial charge in [0.25, 0.3) is 0 Å². The summed E-state index contributed by atoms with van der Waals surface area (Å²) in [6.45, 7) is 2.45. The van der Waals surface area contributed by atoms with Gasteiger partial charge in [-0.05, 0) is 30.4 Å². The number of benzene rings is 1. The van der Waals surface area contributed by atoms with Gasteiger partial charge in [-0.25, -0.2) is 0 Å². The van der Waals surface area contributed by atoms with Crippen molar-refractivity contribution in [1.82, 2.24) is 0 Å². The zero-order valence-corrected chi connectivity index (χ0v) is 18.3. The highest BCUT2D eigenvalue weighted by atomic mass is 16.5. The predicted molar refractivity (Wildman–Crippen MR) is 119 cm³/mol. The molecule has 2 unspecified atom stereocenters. The Morgan fingerprint density at radius 3 is 2.81 bits per heavy atom. The Bertz CT molecular complexity index is 784. The van der Waals surface area contributed by atoms with Crippen molar-refractivity contribution < 1.29 is 29.6 Å². The molecule has 170 valence electrons. The fraction of sp³-hybridized carbons (Fsp3) is 0.520. The van der Waals surface area contributed by atoms with Crippen LogP contribution in [0.1, 0.15) is 56.1 Å². The van der Waals surface area contributed by atoms with Gasteiger partial charge < -0.3 is 20.1 Å². The van der Waals surface area contributed by atoms with Crippen LogP contribution in [0.25, 0.3) is 0 Å². The van der Waals surface area contributed by atoms with Crippen molar-refractivity contribution in [2.75, 3.05) is 7.11 Å². The molecule has 1 aliphatic rings. The second-order valence-corrected chi connectivity index (χ2v) is 8.26. The highest BCUT2D eigenvalue weighted by Crippen LogP contribution is 2.34. The normalized spacial score (nSPS) is 23.6.